The lowest BCUT2D eigenvalue weighted by molar-refractivity contribution is -0.137. The Morgan fingerprint density at radius 1 is 1.02 bits per heavy atom. The first kappa shape index (κ1) is 29.0. The highest BCUT2D eigenvalue weighted by Gasteiger charge is 2.31. The zero-order valence-corrected chi connectivity index (χ0v) is 22.1. The Morgan fingerprint density at radius 2 is 1.77 bits per heavy atom. The summed E-state index contributed by atoms with van der Waals surface area (Å²) in [5.41, 5.74) is 0.244. The van der Waals surface area contributed by atoms with Gasteiger partial charge in [0.05, 0.1) is 12.7 Å². The number of carbonyl (C=O) groups is 2. The van der Waals surface area contributed by atoms with Gasteiger partial charge in [-0.2, -0.15) is 13.2 Å². The Kier molecular flexibility index (Phi) is 9.70. The van der Waals surface area contributed by atoms with Gasteiger partial charge in [-0.25, -0.2) is 0 Å². The lowest BCUT2D eigenvalue weighted by Gasteiger charge is -2.26. The SMILES string of the molecule is COc1ccc(NCCNC(=O)[C@H](CC2CCOCC2)NC(=O)c2ccc(-c3cccc(C(F)(F)F)c3)o2)cc1. The van der Waals surface area contributed by atoms with E-state index in [1.165, 1.54) is 24.3 Å². The molecule has 1 aliphatic rings. The predicted molar refractivity (Wildman–Crippen MR) is 143 cm³/mol. The van der Waals surface area contributed by atoms with Crippen molar-refractivity contribution in [2.24, 2.45) is 5.92 Å². The van der Waals surface area contributed by atoms with E-state index < -0.39 is 23.7 Å². The van der Waals surface area contributed by atoms with E-state index >= 15 is 0 Å². The summed E-state index contributed by atoms with van der Waals surface area (Å²) in [5, 5.41) is 8.83. The van der Waals surface area contributed by atoms with Gasteiger partial charge in [-0.1, -0.05) is 12.1 Å². The molecule has 2 aromatic carbocycles. The molecule has 1 saturated heterocycles. The number of carbonyl (C=O) groups excluding carboxylic acids is 2. The average Bonchev–Trinajstić information content (AvgIpc) is 3.46. The van der Waals surface area contributed by atoms with E-state index in [2.05, 4.69) is 16.0 Å². The number of alkyl halides is 3. The van der Waals surface area contributed by atoms with Gasteiger partial charge in [0.25, 0.3) is 5.91 Å². The first-order chi connectivity index (χ1) is 19.2. The molecule has 0 bridgehead atoms. The monoisotopic (exact) mass is 559 g/mol. The molecule has 214 valence electrons. The molecule has 11 heteroatoms. The van der Waals surface area contributed by atoms with Gasteiger partial charge >= 0.3 is 6.18 Å². The van der Waals surface area contributed by atoms with Gasteiger partial charge in [0.15, 0.2) is 5.76 Å². The molecular weight excluding hydrogens is 527 g/mol. The minimum absolute atomic E-state index is 0.0987. The summed E-state index contributed by atoms with van der Waals surface area (Å²) in [6.45, 7) is 1.98. The van der Waals surface area contributed by atoms with Crippen LogP contribution in [0.5, 0.6) is 5.75 Å². The summed E-state index contributed by atoms with van der Waals surface area (Å²) in [7, 11) is 1.59. The minimum atomic E-state index is -4.50. The summed E-state index contributed by atoms with van der Waals surface area (Å²) < 4.78 is 55.5. The van der Waals surface area contributed by atoms with Crippen molar-refractivity contribution in [3.63, 3.8) is 0 Å². The summed E-state index contributed by atoms with van der Waals surface area (Å²) in [6.07, 6.45) is -2.52. The number of ether oxygens (including phenoxy) is 2. The Balaban J connectivity index is 1.38. The van der Waals surface area contributed by atoms with Crippen molar-refractivity contribution >= 4 is 17.5 Å². The van der Waals surface area contributed by atoms with Gasteiger partial charge in [0.2, 0.25) is 5.91 Å². The number of halogens is 3. The summed E-state index contributed by atoms with van der Waals surface area (Å²) in [4.78, 5) is 26.1. The van der Waals surface area contributed by atoms with E-state index in [1.807, 2.05) is 24.3 Å². The Bertz CT molecular complexity index is 1270. The van der Waals surface area contributed by atoms with Crippen LogP contribution in [0.1, 0.15) is 35.4 Å². The highest BCUT2D eigenvalue weighted by molar-refractivity contribution is 5.96. The number of anilines is 1. The number of benzene rings is 2. The van der Waals surface area contributed by atoms with Crippen molar-refractivity contribution in [2.75, 3.05) is 38.7 Å². The van der Waals surface area contributed by atoms with Gasteiger partial charge in [-0.15, -0.1) is 0 Å². The van der Waals surface area contributed by atoms with Crippen LogP contribution in [0.15, 0.2) is 65.1 Å². The molecule has 2 amide bonds. The van der Waals surface area contributed by atoms with E-state index in [0.29, 0.717) is 32.7 Å². The van der Waals surface area contributed by atoms with Gasteiger partial charge in [0.1, 0.15) is 17.6 Å². The standard InChI is InChI=1S/C29H32F3N3O5/c1-38-23-7-5-22(6-8-23)33-13-14-34-27(36)24(17-19-11-15-39-16-12-19)35-28(37)26-10-9-25(40-26)20-3-2-4-21(18-20)29(30,31)32/h2-10,18-19,24,33H,11-17H2,1H3,(H,34,36)(H,35,37)/t24-/m0/s1. The molecule has 1 aromatic heterocycles. The zero-order valence-electron chi connectivity index (χ0n) is 22.1. The first-order valence-corrected chi connectivity index (χ1v) is 13.0. The fraction of sp³-hybridized carbons (Fsp3) is 0.379. The predicted octanol–water partition coefficient (Wildman–Crippen LogP) is 5.12. The smallest absolute Gasteiger partial charge is 0.416 e. The quantitative estimate of drug-likeness (QED) is 0.282. The molecule has 8 nitrogen and oxygen atoms in total. The third kappa shape index (κ3) is 8.01. The van der Waals surface area contributed by atoms with Crippen LogP contribution >= 0.6 is 0 Å². The Hall–Kier alpha value is -3.99. The molecular formula is C29H32F3N3O5. The van der Waals surface area contributed by atoms with E-state index in [4.69, 9.17) is 13.9 Å². The van der Waals surface area contributed by atoms with Crippen LogP contribution < -0.4 is 20.7 Å². The highest BCUT2D eigenvalue weighted by atomic mass is 19.4. The van der Waals surface area contributed by atoms with Crippen LogP contribution in [0.3, 0.4) is 0 Å². The van der Waals surface area contributed by atoms with Crippen molar-refractivity contribution in [1.82, 2.24) is 10.6 Å². The number of hydrogen-bond donors (Lipinski definition) is 3. The van der Waals surface area contributed by atoms with E-state index in [-0.39, 0.29) is 28.9 Å². The van der Waals surface area contributed by atoms with Gasteiger partial charge in [0, 0.05) is 37.6 Å². The number of amides is 2. The van der Waals surface area contributed by atoms with Gasteiger partial charge < -0.3 is 29.8 Å². The molecule has 4 rings (SSSR count). The van der Waals surface area contributed by atoms with Crippen molar-refractivity contribution < 1.29 is 36.7 Å². The fourth-order valence-corrected chi connectivity index (χ4v) is 4.46. The van der Waals surface area contributed by atoms with E-state index in [9.17, 15) is 22.8 Å². The largest absolute Gasteiger partial charge is 0.497 e. The van der Waals surface area contributed by atoms with Crippen LogP contribution in [0.25, 0.3) is 11.3 Å². The second kappa shape index (κ2) is 13.4. The van der Waals surface area contributed by atoms with Gasteiger partial charge in [-0.05, 0) is 73.7 Å². The third-order valence-corrected chi connectivity index (χ3v) is 6.68. The van der Waals surface area contributed by atoms with Crippen molar-refractivity contribution in [3.8, 4) is 17.1 Å². The van der Waals surface area contributed by atoms with E-state index in [1.54, 1.807) is 7.11 Å². The van der Waals surface area contributed by atoms with Crippen molar-refractivity contribution in [3.05, 3.63) is 72.0 Å². The second-order valence-electron chi connectivity index (χ2n) is 9.51. The maximum Gasteiger partial charge on any atom is 0.416 e. The van der Waals surface area contributed by atoms with Crippen molar-refractivity contribution in [1.29, 1.82) is 0 Å². The average molecular weight is 560 g/mol. The molecule has 0 saturated carbocycles. The summed E-state index contributed by atoms with van der Waals surface area (Å²) >= 11 is 0. The molecule has 2 heterocycles. The normalized spacial score (nSPS) is 14.8. The number of furan rings is 1. The molecule has 3 aromatic rings. The van der Waals surface area contributed by atoms with Crippen LogP contribution in [0.2, 0.25) is 0 Å². The Labute approximate surface area is 230 Å². The van der Waals surface area contributed by atoms with Gasteiger partial charge in [-0.3, -0.25) is 9.59 Å². The summed E-state index contributed by atoms with van der Waals surface area (Å²) in [5.74, 6) is -0.00369. The van der Waals surface area contributed by atoms with Crippen LogP contribution in [0.4, 0.5) is 18.9 Å². The van der Waals surface area contributed by atoms with Crippen LogP contribution in [0, 0.1) is 5.92 Å². The highest BCUT2D eigenvalue weighted by Crippen LogP contribution is 2.32. The maximum atomic E-state index is 13.1. The van der Waals surface area contributed by atoms with Crippen molar-refractivity contribution in [2.45, 2.75) is 31.5 Å². The number of rotatable bonds is 11. The molecule has 0 unspecified atom stereocenters. The van der Waals surface area contributed by atoms with Crippen LogP contribution in [-0.2, 0) is 15.7 Å². The molecule has 0 spiro atoms. The zero-order chi connectivity index (χ0) is 28.5. The molecule has 0 aliphatic carbocycles. The second-order valence-corrected chi connectivity index (χ2v) is 9.51. The Morgan fingerprint density at radius 3 is 2.48 bits per heavy atom. The molecule has 1 fully saturated rings. The lowest BCUT2D eigenvalue weighted by atomic mass is 9.92. The minimum Gasteiger partial charge on any atom is -0.497 e. The fourth-order valence-electron chi connectivity index (χ4n) is 4.46. The number of methoxy groups -OCH3 is 1. The molecule has 1 aliphatic heterocycles. The third-order valence-electron chi connectivity index (χ3n) is 6.68. The van der Waals surface area contributed by atoms with Crippen LogP contribution in [-0.4, -0.2) is 51.3 Å². The number of hydrogen-bond acceptors (Lipinski definition) is 6. The maximum absolute atomic E-state index is 13.1. The number of nitrogens with one attached hydrogen (secondary N) is 3. The first-order valence-electron chi connectivity index (χ1n) is 13.0. The molecule has 3 N–H and O–H groups in total. The summed E-state index contributed by atoms with van der Waals surface area (Å²) in [6, 6.07) is 14.1. The molecule has 1 atom stereocenters. The molecule has 0 radical (unpaired) electrons. The van der Waals surface area contributed by atoms with E-state index in [0.717, 1.165) is 36.4 Å². The lowest BCUT2D eigenvalue weighted by Crippen LogP contribution is -2.48. The topological polar surface area (TPSA) is 102 Å². The molecule has 40 heavy (non-hydrogen) atoms.